The maximum Gasteiger partial charge on any atom is 0.241 e. The highest BCUT2D eigenvalue weighted by atomic mass is 19.1. The van der Waals surface area contributed by atoms with E-state index in [-0.39, 0.29) is 18.0 Å². The fraction of sp³-hybridized carbons (Fsp3) is 0.429. The Kier molecular flexibility index (Phi) is 5.48. The molecule has 0 aliphatic heterocycles. The molecule has 5 heteroatoms. The number of carbonyl (C=O) groups is 2. The van der Waals surface area contributed by atoms with E-state index in [1.807, 2.05) is 6.92 Å². The van der Waals surface area contributed by atoms with Gasteiger partial charge in [0.05, 0.1) is 6.54 Å². The van der Waals surface area contributed by atoms with Gasteiger partial charge in [0.15, 0.2) is 0 Å². The van der Waals surface area contributed by atoms with Crippen molar-refractivity contribution in [3.63, 3.8) is 0 Å². The smallest absolute Gasteiger partial charge is 0.241 e. The number of aldehydes is 1. The average molecular weight is 266 g/mol. The first kappa shape index (κ1) is 15.1. The predicted octanol–water partition coefficient (Wildman–Crippen LogP) is 1.94. The van der Waals surface area contributed by atoms with Crippen molar-refractivity contribution in [2.45, 2.75) is 13.3 Å². The Morgan fingerprint density at radius 1 is 1.32 bits per heavy atom. The summed E-state index contributed by atoms with van der Waals surface area (Å²) in [6, 6.07) is 4.11. The monoisotopic (exact) mass is 266 g/mol. The minimum absolute atomic E-state index is 0.0645. The van der Waals surface area contributed by atoms with Crippen molar-refractivity contribution in [1.29, 1.82) is 0 Å². The van der Waals surface area contributed by atoms with Crippen LogP contribution in [0.15, 0.2) is 18.2 Å². The third-order valence-corrected chi connectivity index (χ3v) is 2.72. The summed E-state index contributed by atoms with van der Waals surface area (Å²) in [6.07, 6.45) is 1.43. The molecule has 0 saturated carbocycles. The predicted molar refractivity (Wildman–Crippen MR) is 73.0 cm³/mol. The molecule has 1 amide bonds. The first-order valence-electron chi connectivity index (χ1n) is 6.18. The molecule has 0 aliphatic rings. The van der Waals surface area contributed by atoms with E-state index in [1.165, 1.54) is 17.0 Å². The highest BCUT2D eigenvalue weighted by Gasteiger charge is 2.14. The first-order valence-corrected chi connectivity index (χ1v) is 6.18. The summed E-state index contributed by atoms with van der Waals surface area (Å²) in [7, 11) is 3.35. The van der Waals surface area contributed by atoms with Crippen LogP contribution in [-0.4, -0.2) is 44.3 Å². The Bertz CT molecular complexity index is 461. The molecule has 0 atom stereocenters. The van der Waals surface area contributed by atoms with Gasteiger partial charge in [0, 0.05) is 31.9 Å². The fourth-order valence-electron chi connectivity index (χ4n) is 1.72. The van der Waals surface area contributed by atoms with Crippen molar-refractivity contribution in [1.82, 2.24) is 4.90 Å². The molecule has 0 unspecified atom stereocenters. The van der Waals surface area contributed by atoms with Gasteiger partial charge in [-0.3, -0.25) is 9.59 Å². The molecule has 4 nitrogen and oxygen atoms in total. The van der Waals surface area contributed by atoms with E-state index in [9.17, 15) is 14.0 Å². The fourth-order valence-corrected chi connectivity index (χ4v) is 1.72. The molecule has 0 N–H and O–H groups in total. The number of carbonyl (C=O) groups excluding carboxylic acids is 2. The molecule has 1 aromatic rings. The minimum Gasteiger partial charge on any atom is -0.362 e. The van der Waals surface area contributed by atoms with Gasteiger partial charge in [0.25, 0.3) is 0 Å². The van der Waals surface area contributed by atoms with E-state index < -0.39 is 5.82 Å². The number of hydrogen-bond acceptors (Lipinski definition) is 3. The quantitative estimate of drug-likeness (QED) is 0.739. The average Bonchev–Trinajstić information content (AvgIpc) is 2.37. The van der Waals surface area contributed by atoms with Crippen molar-refractivity contribution in [3.8, 4) is 0 Å². The van der Waals surface area contributed by atoms with Gasteiger partial charge in [-0.05, 0) is 24.6 Å². The van der Waals surface area contributed by atoms with Gasteiger partial charge in [-0.2, -0.15) is 0 Å². The van der Waals surface area contributed by atoms with Crippen LogP contribution in [0.2, 0.25) is 0 Å². The van der Waals surface area contributed by atoms with Gasteiger partial charge in [0.2, 0.25) is 5.91 Å². The number of halogens is 1. The van der Waals surface area contributed by atoms with Crippen LogP contribution in [0.4, 0.5) is 10.1 Å². The Morgan fingerprint density at radius 3 is 2.53 bits per heavy atom. The van der Waals surface area contributed by atoms with E-state index in [1.54, 1.807) is 25.1 Å². The van der Waals surface area contributed by atoms with Crippen LogP contribution in [0.1, 0.15) is 23.7 Å². The Hall–Kier alpha value is -1.91. The molecule has 0 bridgehead atoms. The number of hydrogen-bond donors (Lipinski definition) is 0. The standard InChI is InChI=1S/C14H19FN2O2/c1-4-5-17(9-14(19)16(2)3)13-7-11(10-18)6-12(15)8-13/h6-8,10H,4-5,9H2,1-3H3. The van der Waals surface area contributed by atoms with E-state index in [2.05, 4.69) is 0 Å². The van der Waals surface area contributed by atoms with E-state index in [4.69, 9.17) is 0 Å². The molecular weight excluding hydrogens is 247 g/mol. The number of amides is 1. The molecule has 19 heavy (non-hydrogen) atoms. The van der Waals surface area contributed by atoms with Crippen molar-refractivity contribution in [2.24, 2.45) is 0 Å². The van der Waals surface area contributed by atoms with Crippen LogP contribution in [-0.2, 0) is 4.79 Å². The van der Waals surface area contributed by atoms with Crippen LogP contribution in [0.25, 0.3) is 0 Å². The summed E-state index contributed by atoms with van der Waals surface area (Å²) in [5.74, 6) is -0.539. The lowest BCUT2D eigenvalue weighted by atomic mass is 10.2. The molecule has 0 radical (unpaired) electrons. The van der Waals surface area contributed by atoms with Crippen molar-refractivity contribution >= 4 is 17.9 Å². The second-order valence-corrected chi connectivity index (χ2v) is 4.57. The van der Waals surface area contributed by atoms with Crippen molar-refractivity contribution < 1.29 is 14.0 Å². The zero-order valence-electron chi connectivity index (χ0n) is 11.5. The van der Waals surface area contributed by atoms with Gasteiger partial charge in [-0.15, -0.1) is 0 Å². The number of rotatable bonds is 6. The minimum atomic E-state index is -0.474. The number of anilines is 1. The molecule has 0 spiro atoms. The Balaban J connectivity index is 3.01. The maximum absolute atomic E-state index is 13.4. The zero-order chi connectivity index (χ0) is 14.4. The van der Waals surface area contributed by atoms with Gasteiger partial charge in [-0.1, -0.05) is 6.92 Å². The highest BCUT2D eigenvalue weighted by molar-refractivity contribution is 5.82. The maximum atomic E-state index is 13.4. The first-order chi connectivity index (χ1) is 8.97. The largest absolute Gasteiger partial charge is 0.362 e. The third kappa shape index (κ3) is 4.35. The molecule has 104 valence electrons. The molecule has 1 aromatic carbocycles. The van der Waals surface area contributed by atoms with Gasteiger partial charge >= 0.3 is 0 Å². The van der Waals surface area contributed by atoms with Crippen LogP contribution in [0, 0.1) is 5.82 Å². The van der Waals surface area contributed by atoms with E-state index >= 15 is 0 Å². The summed E-state index contributed by atoms with van der Waals surface area (Å²) in [5, 5.41) is 0. The molecule has 0 saturated heterocycles. The second-order valence-electron chi connectivity index (χ2n) is 4.57. The summed E-state index contributed by atoms with van der Waals surface area (Å²) in [5.41, 5.74) is 0.826. The summed E-state index contributed by atoms with van der Waals surface area (Å²) < 4.78 is 13.4. The lowest BCUT2D eigenvalue weighted by Gasteiger charge is -2.25. The zero-order valence-corrected chi connectivity index (χ0v) is 11.5. The van der Waals surface area contributed by atoms with Crippen LogP contribution >= 0.6 is 0 Å². The number of nitrogens with zero attached hydrogens (tertiary/aromatic N) is 2. The number of benzene rings is 1. The van der Waals surface area contributed by atoms with Gasteiger partial charge in [-0.25, -0.2) is 4.39 Å². The lowest BCUT2D eigenvalue weighted by Crippen LogP contribution is -2.37. The SMILES string of the molecule is CCCN(CC(=O)N(C)C)c1cc(F)cc(C=O)c1. The van der Waals surface area contributed by atoms with Crippen molar-refractivity contribution in [2.75, 3.05) is 32.1 Å². The van der Waals surface area contributed by atoms with Crippen molar-refractivity contribution in [3.05, 3.63) is 29.6 Å². The van der Waals surface area contributed by atoms with E-state index in [0.717, 1.165) is 6.42 Å². The third-order valence-electron chi connectivity index (χ3n) is 2.72. The topological polar surface area (TPSA) is 40.6 Å². The van der Waals surface area contributed by atoms with Gasteiger partial charge < -0.3 is 9.80 Å². The highest BCUT2D eigenvalue weighted by Crippen LogP contribution is 2.18. The summed E-state index contributed by atoms with van der Waals surface area (Å²) in [4.78, 5) is 25.8. The molecule has 0 fully saturated rings. The van der Waals surface area contributed by atoms with E-state index in [0.29, 0.717) is 18.5 Å². The van der Waals surface area contributed by atoms with Crippen LogP contribution in [0.3, 0.4) is 0 Å². The van der Waals surface area contributed by atoms with Crippen LogP contribution in [0.5, 0.6) is 0 Å². The normalized spacial score (nSPS) is 10.1. The lowest BCUT2D eigenvalue weighted by molar-refractivity contribution is -0.127. The molecule has 1 rings (SSSR count). The Morgan fingerprint density at radius 2 is 2.00 bits per heavy atom. The van der Waals surface area contributed by atoms with Gasteiger partial charge in [0.1, 0.15) is 12.1 Å². The van der Waals surface area contributed by atoms with Crippen LogP contribution < -0.4 is 4.90 Å². The number of likely N-dealkylation sites (N-methyl/N-ethyl adjacent to an activating group) is 1. The molecule has 0 aromatic heterocycles. The molecule has 0 aliphatic carbocycles. The molecule has 0 heterocycles. The second kappa shape index (κ2) is 6.87. The Labute approximate surface area is 112 Å². The molecular formula is C14H19FN2O2. The summed E-state index contributed by atoms with van der Waals surface area (Å²) >= 11 is 0. The summed E-state index contributed by atoms with van der Waals surface area (Å²) in [6.45, 7) is 2.77.